The number of carbonyl (C=O) groups excluding carboxylic acids is 5. The Balaban J connectivity index is 1.35. The molecule has 0 fully saturated rings. The van der Waals surface area contributed by atoms with E-state index in [2.05, 4.69) is 26.6 Å². The van der Waals surface area contributed by atoms with Crippen LogP contribution < -0.4 is 31.3 Å². The van der Waals surface area contributed by atoms with Gasteiger partial charge in [-0.2, -0.15) is 0 Å². The number of carbonyl (C=O) groups is 6. The summed E-state index contributed by atoms with van der Waals surface area (Å²) in [7, 11) is 0. The fourth-order valence-electron chi connectivity index (χ4n) is 6.46. The first-order valence-electron chi connectivity index (χ1n) is 18.7. The normalized spacial score (nSPS) is 19.2. The Bertz CT molecular complexity index is 2180. The monoisotopic (exact) mass is 801 g/mol. The number of hydrogen-bond donors (Lipinski definition) is 6. The number of amides is 5. The summed E-state index contributed by atoms with van der Waals surface area (Å²) in [5.41, 5.74) is 3.98. The predicted molar refractivity (Wildman–Crippen MR) is 218 cm³/mol. The summed E-state index contributed by atoms with van der Waals surface area (Å²) in [5, 5.41) is 24.6. The van der Waals surface area contributed by atoms with E-state index in [9.17, 15) is 33.9 Å². The highest BCUT2D eigenvalue weighted by Crippen LogP contribution is 2.21. The predicted octanol–water partition coefficient (Wildman–Crippen LogP) is 3.22. The van der Waals surface area contributed by atoms with Gasteiger partial charge in [0.15, 0.2) is 6.61 Å². The third kappa shape index (κ3) is 11.9. The third-order valence-electron chi connectivity index (χ3n) is 9.47. The molecular weight excluding hydrogens is 759 g/mol. The largest absolute Gasteiger partial charge is 0.484 e. The molecule has 4 atom stereocenters. The van der Waals surface area contributed by atoms with Crippen LogP contribution in [0.3, 0.4) is 0 Å². The Hall–Kier alpha value is -6.80. The Morgan fingerprint density at radius 1 is 0.638 bits per heavy atom. The number of fused-ring (bicyclic) bond motifs is 16. The van der Waals surface area contributed by atoms with Crippen LogP contribution in [0.25, 0.3) is 11.1 Å². The van der Waals surface area contributed by atoms with E-state index < -0.39 is 72.8 Å². The molecule has 2 aliphatic rings. The minimum absolute atomic E-state index is 0.0252. The van der Waals surface area contributed by atoms with Gasteiger partial charge in [-0.1, -0.05) is 103 Å². The van der Waals surface area contributed by atoms with Crippen LogP contribution in [0.5, 0.6) is 5.75 Å². The van der Waals surface area contributed by atoms with Gasteiger partial charge in [-0.05, 0) is 51.4 Å². The molecule has 0 aliphatic carbocycles. The molecule has 14 heteroatoms. The second kappa shape index (κ2) is 19.9. The average Bonchev–Trinajstić information content (AvgIpc) is 3.75. The van der Waals surface area contributed by atoms with Crippen LogP contribution in [0.15, 0.2) is 127 Å². The maximum absolute atomic E-state index is 14.4. The lowest BCUT2D eigenvalue weighted by Gasteiger charge is -2.27. The van der Waals surface area contributed by atoms with Crippen molar-refractivity contribution in [2.75, 3.05) is 13.2 Å². The molecule has 6 N–H and O–H groups in total. The Kier molecular flexibility index (Phi) is 14.0. The minimum Gasteiger partial charge on any atom is -0.484 e. The summed E-state index contributed by atoms with van der Waals surface area (Å²) in [6.07, 6.45) is 0.168. The quantitative estimate of drug-likeness (QED) is 0.116. The maximum atomic E-state index is 14.4. The van der Waals surface area contributed by atoms with Gasteiger partial charge >= 0.3 is 5.97 Å². The van der Waals surface area contributed by atoms with Crippen molar-refractivity contribution in [3.05, 3.63) is 148 Å². The molecule has 298 valence electrons. The van der Waals surface area contributed by atoms with Crippen LogP contribution >= 0.6 is 11.3 Å². The highest BCUT2D eigenvalue weighted by atomic mass is 32.1. The van der Waals surface area contributed by atoms with Crippen molar-refractivity contribution in [2.45, 2.75) is 49.9 Å². The molecule has 2 aliphatic heterocycles. The molecule has 0 saturated heterocycles. The number of carboxylic acid groups (broad SMARTS) is 1. The van der Waals surface area contributed by atoms with Gasteiger partial charge in [0.1, 0.15) is 36.5 Å². The molecule has 1 aromatic heterocycles. The van der Waals surface area contributed by atoms with Gasteiger partial charge in [-0.15, -0.1) is 11.3 Å². The topological polar surface area (TPSA) is 192 Å². The summed E-state index contributed by atoms with van der Waals surface area (Å²) in [4.78, 5) is 81.6. The number of thiophene rings is 1. The van der Waals surface area contributed by atoms with E-state index in [0.29, 0.717) is 16.9 Å². The second-order valence-corrected chi connectivity index (χ2v) is 14.8. The molecule has 2 bridgehead atoms. The van der Waals surface area contributed by atoms with Crippen molar-refractivity contribution in [3.63, 3.8) is 0 Å². The molecule has 5 aromatic rings. The summed E-state index contributed by atoms with van der Waals surface area (Å²) < 4.78 is 5.72. The molecule has 4 aromatic carbocycles. The zero-order chi connectivity index (χ0) is 40.9. The molecule has 0 saturated carbocycles. The number of rotatable bonds is 10. The van der Waals surface area contributed by atoms with Crippen molar-refractivity contribution in [1.29, 1.82) is 0 Å². The number of aliphatic carboxylic acids is 1. The summed E-state index contributed by atoms with van der Waals surface area (Å²) in [5.74, 6) is -4.25. The molecule has 5 amide bonds. The molecule has 0 radical (unpaired) electrons. The van der Waals surface area contributed by atoms with Crippen molar-refractivity contribution >= 4 is 46.8 Å². The minimum atomic E-state index is -1.27. The Morgan fingerprint density at radius 3 is 1.81 bits per heavy atom. The highest BCUT2D eigenvalue weighted by Gasteiger charge is 2.32. The zero-order valence-electron chi connectivity index (χ0n) is 31.4. The van der Waals surface area contributed by atoms with E-state index in [1.165, 1.54) is 11.3 Å². The lowest BCUT2D eigenvalue weighted by Crippen LogP contribution is -2.59. The van der Waals surface area contributed by atoms with E-state index in [0.717, 1.165) is 21.6 Å². The van der Waals surface area contributed by atoms with E-state index >= 15 is 0 Å². The SMILES string of the molecule is O=C(O)CNC(=O)[C@@H]1Cc2ccc(cc2)OCC(=O)N[C@@H](Cc2cccs2)C(=O)N[C@@H](Cc2ccc(-c3ccccc3)cc2)C(=O)N[C@@H](Cc2ccccc2)C(=O)N1. The molecule has 0 spiro atoms. The molecule has 13 nitrogen and oxygen atoms in total. The fraction of sp³-hybridized carbons (Fsp3) is 0.227. The van der Waals surface area contributed by atoms with E-state index in [-0.39, 0.29) is 25.7 Å². The molecule has 0 unspecified atom stereocenters. The highest BCUT2D eigenvalue weighted by molar-refractivity contribution is 7.09. The van der Waals surface area contributed by atoms with Crippen molar-refractivity contribution in [2.24, 2.45) is 0 Å². The number of ether oxygens (including phenoxy) is 1. The Labute approximate surface area is 339 Å². The molecule has 7 rings (SSSR count). The van der Waals surface area contributed by atoms with Crippen molar-refractivity contribution < 1.29 is 38.6 Å². The summed E-state index contributed by atoms with van der Waals surface area (Å²) in [6.45, 7) is -1.09. The molecule has 58 heavy (non-hydrogen) atoms. The summed E-state index contributed by atoms with van der Waals surface area (Å²) >= 11 is 1.42. The van der Waals surface area contributed by atoms with Gasteiger partial charge in [0.25, 0.3) is 5.91 Å². The van der Waals surface area contributed by atoms with Gasteiger partial charge in [-0.25, -0.2) is 0 Å². The maximum Gasteiger partial charge on any atom is 0.322 e. The van der Waals surface area contributed by atoms with Crippen LogP contribution in [0.1, 0.15) is 21.6 Å². The zero-order valence-corrected chi connectivity index (χ0v) is 32.2. The molecular formula is C44H43N5O8S. The van der Waals surface area contributed by atoms with Gasteiger partial charge in [0, 0.05) is 30.6 Å². The van der Waals surface area contributed by atoms with Crippen LogP contribution in [-0.2, 0) is 54.5 Å². The van der Waals surface area contributed by atoms with Crippen molar-refractivity contribution in [1.82, 2.24) is 26.6 Å². The Morgan fingerprint density at radius 2 is 1.21 bits per heavy atom. The lowest BCUT2D eigenvalue weighted by molar-refractivity contribution is -0.138. The fourth-order valence-corrected chi connectivity index (χ4v) is 7.21. The average molecular weight is 802 g/mol. The number of carboxylic acids is 1. The lowest BCUT2D eigenvalue weighted by atomic mass is 9.99. The standard InChI is InChI=1S/C44H43N5O8S/c50-39-27-57-33-19-15-30(16-20-33)23-35(41(53)45-26-40(51)52)47-42(54)36(22-28-8-3-1-4-9-28)48-43(55)37(49-44(56)38(46-39)25-34-12-7-21-58-34)24-29-13-17-32(18-14-29)31-10-5-2-6-11-31/h1-21,35-38H,22-27H2,(H,45,53)(H,46,50)(H,47,54)(H,48,55)(H,49,56)(H,51,52)/t35-,36-,37-,38-/m0/s1. The smallest absolute Gasteiger partial charge is 0.322 e. The first-order valence-corrected chi connectivity index (χ1v) is 19.6. The second-order valence-electron chi connectivity index (χ2n) is 13.8. The first-order chi connectivity index (χ1) is 28.1. The van der Waals surface area contributed by atoms with Crippen LogP contribution in [0.2, 0.25) is 0 Å². The van der Waals surface area contributed by atoms with Crippen LogP contribution in [0.4, 0.5) is 0 Å². The number of hydrogen-bond acceptors (Lipinski definition) is 8. The van der Waals surface area contributed by atoms with Crippen LogP contribution in [-0.4, -0.2) is 77.9 Å². The molecule has 3 heterocycles. The third-order valence-corrected chi connectivity index (χ3v) is 10.4. The van der Waals surface area contributed by atoms with Gasteiger partial charge < -0.3 is 36.4 Å². The number of benzene rings is 4. The van der Waals surface area contributed by atoms with Gasteiger partial charge in [-0.3, -0.25) is 28.8 Å². The van der Waals surface area contributed by atoms with E-state index in [1.54, 1.807) is 48.5 Å². The summed E-state index contributed by atoms with van der Waals surface area (Å²) in [6, 6.07) is 31.7. The van der Waals surface area contributed by atoms with E-state index in [4.69, 9.17) is 4.74 Å². The van der Waals surface area contributed by atoms with E-state index in [1.807, 2.05) is 78.2 Å². The van der Waals surface area contributed by atoms with Crippen LogP contribution in [0, 0.1) is 0 Å². The van der Waals surface area contributed by atoms with Crippen molar-refractivity contribution in [3.8, 4) is 16.9 Å². The first kappa shape index (κ1) is 40.9. The van der Waals surface area contributed by atoms with Gasteiger partial charge in [0.05, 0.1) is 0 Å². The number of nitrogens with one attached hydrogen (secondary N) is 5. The van der Waals surface area contributed by atoms with Gasteiger partial charge in [0.2, 0.25) is 23.6 Å².